The summed E-state index contributed by atoms with van der Waals surface area (Å²) in [5.74, 6) is 1.91. The molecule has 0 atom stereocenters. The molecular weight excluding hydrogens is 268 g/mol. The van der Waals surface area contributed by atoms with Gasteiger partial charge >= 0.3 is 0 Å². The van der Waals surface area contributed by atoms with Gasteiger partial charge in [0.25, 0.3) is 0 Å². The highest BCUT2D eigenvalue weighted by Crippen LogP contribution is 2.29. The number of nitrogens with zero attached hydrogens (tertiary/aromatic N) is 2. The molecule has 1 saturated heterocycles. The van der Waals surface area contributed by atoms with Crippen molar-refractivity contribution in [3.63, 3.8) is 0 Å². The molecule has 0 spiro atoms. The molecule has 1 aromatic carbocycles. The minimum Gasteiger partial charge on any atom is -0.492 e. The van der Waals surface area contributed by atoms with E-state index in [9.17, 15) is 0 Å². The van der Waals surface area contributed by atoms with Crippen LogP contribution >= 0.6 is 11.8 Å². The molecule has 1 fully saturated rings. The van der Waals surface area contributed by atoms with Gasteiger partial charge in [0.05, 0.1) is 12.2 Å². The third-order valence-corrected chi connectivity index (χ3v) is 4.69. The first-order valence-corrected chi connectivity index (χ1v) is 8.07. The predicted molar refractivity (Wildman–Crippen MR) is 84.2 cm³/mol. The van der Waals surface area contributed by atoms with Gasteiger partial charge in [0.1, 0.15) is 11.8 Å². The summed E-state index contributed by atoms with van der Waals surface area (Å²) in [6.07, 6.45) is 1.00. The van der Waals surface area contributed by atoms with E-state index in [1.54, 1.807) is 6.07 Å². The Morgan fingerprint density at radius 1 is 1.40 bits per heavy atom. The second kappa shape index (κ2) is 7.01. The van der Waals surface area contributed by atoms with Crippen molar-refractivity contribution in [2.45, 2.75) is 25.0 Å². The maximum Gasteiger partial charge on any atom is 0.137 e. The molecule has 4 heteroatoms. The van der Waals surface area contributed by atoms with Crippen molar-refractivity contribution in [3.8, 4) is 11.8 Å². The lowest BCUT2D eigenvalue weighted by atomic mass is 10.2. The lowest BCUT2D eigenvalue weighted by Crippen LogP contribution is -2.43. The molecule has 1 aliphatic heterocycles. The van der Waals surface area contributed by atoms with Crippen molar-refractivity contribution in [3.05, 3.63) is 29.8 Å². The van der Waals surface area contributed by atoms with Crippen molar-refractivity contribution in [1.29, 1.82) is 5.26 Å². The van der Waals surface area contributed by atoms with Gasteiger partial charge in [0.2, 0.25) is 0 Å². The number of nitriles is 1. The Balaban J connectivity index is 1.73. The molecule has 0 amide bonds. The minimum absolute atomic E-state index is 0.368. The largest absolute Gasteiger partial charge is 0.492 e. The molecule has 0 saturated carbocycles. The van der Waals surface area contributed by atoms with Crippen molar-refractivity contribution in [1.82, 2.24) is 4.90 Å². The van der Waals surface area contributed by atoms with Crippen LogP contribution in [0.4, 0.5) is 0 Å². The Morgan fingerprint density at radius 2 is 2.20 bits per heavy atom. The van der Waals surface area contributed by atoms with Crippen molar-refractivity contribution < 1.29 is 4.74 Å². The van der Waals surface area contributed by atoms with Gasteiger partial charge in [-0.3, -0.25) is 0 Å². The van der Waals surface area contributed by atoms with Gasteiger partial charge in [0.15, 0.2) is 0 Å². The van der Waals surface area contributed by atoms with Crippen LogP contribution in [0.3, 0.4) is 0 Å². The SMILES string of the molecule is CC1(C)CN(CCCOc2ccccc2C#N)CCS1. The molecule has 20 heavy (non-hydrogen) atoms. The zero-order valence-electron chi connectivity index (χ0n) is 12.3. The number of hydrogen-bond donors (Lipinski definition) is 0. The zero-order chi connectivity index (χ0) is 14.4. The number of rotatable bonds is 5. The van der Waals surface area contributed by atoms with Gasteiger partial charge in [-0.15, -0.1) is 0 Å². The molecule has 0 radical (unpaired) electrons. The molecule has 0 unspecified atom stereocenters. The maximum absolute atomic E-state index is 9.00. The van der Waals surface area contributed by atoms with Crippen LogP contribution < -0.4 is 4.74 Å². The second-order valence-corrected chi connectivity index (χ2v) is 7.50. The van der Waals surface area contributed by atoms with Crippen LogP contribution in [-0.2, 0) is 0 Å². The molecule has 1 heterocycles. The number of para-hydroxylation sites is 1. The van der Waals surface area contributed by atoms with Crippen LogP contribution in [0.2, 0.25) is 0 Å². The Hall–Kier alpha value is -1.18. The standard InChI is InChI=1S/C16H22N2OS/c1-16(2)13-18(9-11-20-16)8-5-10-19-15-7-4-3-6-14(15)12-17/h3-4,6-7H,5,8-11,13H2,1-2H3. The molecule has 3 nitrogen and oxygen atoms in total. The highest BCUT2D eigenvalue weighted by Gasteiger charge is 2.26. The highest BCUT2D eigenvalue weighted by atomic mass is 32.2. The molecule has 0 bridgehead atoms. The van der Waals surface area contributed by atoms with E-state index in [1.165, 1.54) is 12.3 Å². The van der Waals surface area contributed by atoms with Gasteiger partial charge in [-0.2, -0.15) is 17.0 Å². The van der Waals surface area contributed by atoms with Crippen molar-refractivity contribution in [2.75, 3.05) is 32.0 Å². The summed E-state index contributed by atoms with van der Waals surface area (Å²) in [7, 11) is 0. The topological polar surface area (TPSA) is 36.3 Å². The molecule has 0 aliphatic carbocycles. The van der Waals surface area contributed by atoms with Gasteiger partial charge < -0.3 is 9.64 Å². The summed E-state index contributed by atoms with van der Waals surface area (Å²) >= 11 is 2.06. The normalized spacial score (nSPS) is 18.4. The average molecular weight is 290 g/mol. The molecule has 108 valence electrons. The first-order valence-electron chi connectivity index (χ1n) is 7.09. The Labute approximate surface area is 125 Å². The van der Waals surface area contributed by atoms with Crippen LogP contribution in [0.15, 0.2) is 24.3 Å². The van der Waals surface area contributed by atoms with E-state index >= 15 is 0 Å². The Bertz CT molecular complexity index is 482. The third-order valence-electron chi connectivity index (χ3n) is 3.39. The van der Waals surface area contributed by atoms with Crippen LogP contribution in [0, 0.1) is 11.3 Å². The first kappa shape index (κ1) is 15.2. The maximum atomic E-state index is 9.00. The number of hydrogen-bond acceptors (Lipinski definition) is 4. The first-order chi connectivity index (χ1) is 9.61. The highest BCUT2D eigenvalue weighted by molar-refractivity contribution is 8.00. The average Bonchev–Trinajstić information content (AvgIpc) is 2.43. The van der Waals surface area contributed by atoms with Gasteiger partial charge in [-0.1, -0.05) is 12.1 Å². The molecule has 0 N–H and O–H groups in total. The summed E-state index contributed by atoms with van der Waals surface area (Å²) in [4.78, 5) is 2.51. The summed E-state index contributed by atoms with van der Waals surface area (Å²) in [6.45, 7) is 8.67. The number of thioether (sulfide) groups is 1. The molecule has 1 aliphatic rings. The van der Waals surface area contributed by atoms with Crippen LogP contribution in [0.1, 0.15) is 25.8 Å². The Morgan fingerprint density at radius 3 is 2.95 bits per heavy atom. The van der Waals surface area contributed by atoms with E-state index in [4.69, 9.17) is 10.00 Å². The number of benzene rings is 1. The smallest absolute Gasteiger partial charge is 0.137 e. The molecule has 2 rings (SSSR count). The van der Waals surface area contributed by atoms with Crippen LogP contribution in [0.5, 0.6) is 5.75 Å². The van der Waals surface area contributed by atoms with Crippen molar-refractivity contribution in [2.24, 2.45) is 0 Å². The van der Waals surface area contributed by atoms with Crippen LogP contribution in [-0.4, -0.2) is 41.6 Å². The van der Waals surface area contributed by atoms with E-state index < -0.39 is 0 Å². The summed E-state index contributed by atoms with van der Waals surface area (Å²) in [5, 5.41) is 9.00. The van der Waals surface area contributed by atoms with Gasteiger partial charge in [-0.05, 0) is 32.4 Å². The fourth-order valence-corrected chi connectivity index (χ4v) is 3.64. The van der Waals surface area contributed by atoms with Crippen molar-refractivity contribution >= 4 is 11.8 Å². The van der Waals surface area contributed by atoms with Crippen LogP contribution in [0.25, 0.3) is 0 Å². The van der Waals surface area contributed by atoms with E-state index in [0.29, 0.717) is 22.7 Å². The lowest BCUT2D eigenvalue weighted by Gasteiger charge is -2.37. The third kappa shape index (κ3) is 4.43. The summed E-state index contributed by atoms with van der Waals surface area (Å²) in [5.41, 5.74) is 0.614. The second-order valence-electron chi connectivity index (χ2n) is 5.69. The Kier molecular flexibility index (Phi) is 5.33. The molecule has 0 aromatic heterocycles. The lowest BCUT2D eigenvalue weighted by molar-refractivity contribution is 0.226. The summed E-state index contributed by atoms with van der Waals surface area (Å²) < 4.78 is 6.08. The zero-order valence-corrected chi connectivity index (χ0v) is 13.1. The fourth-order valence-electron chi connectivity index (χ4n) is 2.46. The van der Waals surface area contributed by atoms with Gasteiger partial charge in [-0.25, -0.2) is 0 Å². The summed E-state index contributed by atoms with van der Waals surface area (Å²) in [6, 6.07) is 9.57. The van der Waals surface area contributed by atoms with E-state index in [2.05, 4.69) is 36.6 Å². The number of ether oxygens (including phenoxy) is 1. The quantitative estimate of drug-likeness (QED) is 0.781. The monoisotopic (exact) mass is 290 g/mol. The minimum atomic E-state index is 0.368. The van der Waals surface area contributed by atoms with E-state index in [0.717, 1.165) is 19.5 Å². The molecule has 1 aromatic rings. The van der Waals surface area contributed by atoms with E-state index in [1.807, 2.05) is 18.2 Å². The fraction of sp³-hybridized carbons (Fsp3) is 0.562. The van der Waals surface area contributed by atoms with Gasteiger partial charge in [0, 0.05) is 30.1 Å². The predicted octanol–water partition coefficient (Wildman–Crippen LogP) is 3.15. The molecular formula is C16H22N2OS. The van der Waals surface area contributed by atoms with E-state index in [-0.39, 0.29) is 0 Å².